The van der Waals surface area contributed by atoms with Gasteiger partial charge in [-0.15, -0.1) is 5.10 Å². The third kappa shape index (κ3) is 5.38. The molecular weight excluding hydrogens is 454 g/mol. The van der Waals surface area contributed by atoms with E-state index in [1.165, 1.54) is 4.90 Å². The molecule has 0 aliphatic carbocycles. The highest BCUT2D eigenvalue weighted by Crippen LogP contribution is 2.31. The molecule has 8 nitrogen and oxygen atoms in total. The van der Waals surface area contributed by atoms with E-state index in [1.807, 2.05) is 93.6 Å². The lowest BCUT2D eigenvalue weighted by Crippen LogP contribution is -2.51. The summed E-state index contributed by atoms with van der Waals surface area (Å²) in [6.07, 6.45) is 0.730. The second kappa shape index (κ2) is 10.6. The van der Waals surface area contributed by atoms with E-state index in [1.54, 1.807) is 17.9 Å². The SMILES string of the molecule is CCC(C)(C)NC(=O)[C@H](c1cccc(OC)c1)N(C(=O)Cn1nnc2ccccc21)c1ccccc1. The smallest absolute Gasteiger partial charge is 0.249 e. The van der Waals surface area contributed by atoms with E-state index in [0.717, 1.165) is 11.9 Å². The van der Waals surface area contributed by atoms with Crippen LogP contribution < -0.4 is 15.0 Å². The monoisotopic (exact) mass is 485 g/mol. The van der Waals surface area contributed by atoms with Gasteiger partial charge in [-0.3, -0.25) is 14.5 Å². The molecule has 0 radical (unpaired) electrons. The van der Waals surface area contributed by atoms with Crippen LogP contribution in [0.4, 0.5) is 5.69 Å². The normalized spacial score (nSPS) is 12.2. The topological polar surface area (TPSA) is 89.4 Å². The Labute approximate surface area is 210 Å². The molecular formula is C28H31N5O3. The van der Waals surface area contributed by atoms with Gasteiger partial charge in [0.2, 0.25) is 11.8 Å². The summed E-state index contributed by atoms with van der Waals surface area (Å²) < 4.78 is 6.99. The summed E-state index contributed by atoms with van der Waals surface area (Å²) in [5.74, 6) is 0.0210. The molecule has 1 aromatic heterocycles. The highest BCUT2D eigenvalue weighted by Gasteiger charge is 2.35. The van der Waals surface area contributed by atoms with E-state index < -0.39 is 11.6 Å². The molecule has 4 aromatic rings. The Hall–Kier alpha value is -4.20. The van der Waals surface area contributed by atoms with E-state index in [2.05, 4.69) is 15.6 Å². The lowest BCUT2D eigenvalue weighted by Gasteiger charge is -2.34. The van der Waals surface area contributed by atoms with Crippen molar-refractivity contribution in [3.8, 4) is 5.75 Å². The van der Waals surface area contributed by atoms with Gasteiger partial charge >= 0.3 is 0 Å². The number of carbonyl (C=O) groups excluding carboxylic acids is 2. The van der Waals surface area contributed by atoms with Gasteiger partial charge in [0.25, 0.3) is 0 Å². The standard InChI is InChI=1S/C28H31N5O3/c1-5-28(2,3)29-27(35)26(20-12-11-15-22(18-20)36-4)33(21-13-7-6-8-14-21)25(34)19-32-24-17-10-9-16-23(24)30-31-32/h6-18,26H,5,19H2,1-4H3,(H,29,35)/t26-/m0/s1. The fourth-order valence-corrected chi connectivity index (χ4v) is 3.98. The second-order valence-electron chi connectivity index (χ2n) is 9.24. The lowest BCUT2D eigenvalue weighted by molar-refractivity contribution is -0.128. The van der Waals surface area contributed by atoms with Crippen molar-refractivity contribution in [3.05, 3.63) is 84.4 Å². The number of methoxy groups -OCH3 is 1. The van der Waals surface area contributed by atoms with Gasteiger partial charge in [-0.2, -0.15) is 0 Å². The molecule has 1 heterocycles. The molecule has 0 aliphatic rings. The number of benzene rings is 3. The van der Waals surface area contributed by atoms with Gasteiger partial charge in [0.05, 0.1) is 12.6 Å². The number of carbonyl (C=O) groups is 2. The molecule has 4 rings (SSSR count). The maximum atomic E-state index is 14.0. The first-order valence-electron chi connectivity index (χ1n) is 11.9. The Morgan fingerprint density at radius 2 is 1.75 bits per heavy atom. The molecule has 0 saturated heterocycles. The van der Waals surface area contributed by atoms with Crippen LogP contribution >= 0.6 is 0 Å². The number of rotatable bonds is 9. The van der Waals surface area contributed by atoms with Crippen LogP contribution in [-0.4, -0.2) is 39.5 Å². The maximum Gasteiger partial charge on any atom is 0.249 e. The number of aromatic nitrogens is 3. The zero-order chi connectivity index (χ0) is 25.7. The minimum Gasteiger partial charge on any atom is -0.497 e. The summed E-state index contributed by atoms with van der Waals surface area (Å²) in [5, 5.41) is 11.5. The van der Waals surface area contributed by atoms with Gasteiger partial charge in [-0.1, -0.05) is 54.6 Å². The number of hydrogen-bond donors (Lipinski definition) is 1. The number of nitrogens with one attached hydrogen (secondary N) is 1. The highest BCUT2D eigenvalue weighted by atomic mass is 16.5. The van der Waals surface area contributed by atoms with E-state index in [0.29, 0.717) is 22.5 Å². The molecule has 1 N–H and O–H groups in total. The van der Waals surface area contributed by atoms with E-state index in [9.17, 15) is 9.59 Å². The Kier molecular flexibility index (Phi) is 7.33. The summed E-state index contributed by atoms with van der Waals surface area (Å²) in [5.41, 5.74) is 2.22. The molecule has 3 aromatic carbocycles. The minimum atomic E-state index is -0.935. The summed E-state index contributed by atoms with van der Waals surface area (Å²) in [6.45, 7) is 5.85. The predicted octanol–water partition coefficient (Wildman–Crippen LogP) is 4.52. The third-order valence-electron chi connectivity index (χ3n) is 6.27. The van der Waals surface area contributed by atoms with Crippen molar-refractivity contribution in [1.29, 1.82) is 0 Å². The Bertz CT molecular complexity index is 1350. The van der Waals surface area contributed by atoms with Crippen molar-refractivity contribution in [2.24, 2.45) is 0 Å². The van der Waals surface area contributed by atoms with Crippen LogP contribution in [0.25, 0.3) is 11.0 Å². The van der Waals surface area contributed by atoms with Gasteiger partial charge < -0.3 is 10.1 Å². The van der Waals surface area contributed by atoms with Crippen LogP contribution in [0.5, 0.6) is 5.75 Å². The fourth-order valence-electron chi connectivity index (χ4n) is 3.98. The Balaban J connectivity index is 1.81. The summed E-state index contributed by atoms with van der Waals surface area (Å²) in [6, 6.07) is 23.0. The largest absolute Gasteiger partial charge is 0.497 e. The van der Waals surface area contributed by atoms with Crippen molar-refractivity contribution in [3.63, 3.8) is 0 Å². The number of hydrogen-bond acceptors (Lipinski definition) is 5. The molecule has 0 saturated carbocycles. The van der Waals surface area contributed by atoms with Crippen LogP contribution in [-0.2, 0) is 16.1 Å². The molecule has 2 amide bonds. The van der Waals surface area contributed by atoms with E-state index in [-0.39, 0.29) is 18.4 Å². The van der Waals surface area contributed by atoms with Gasteiger partial charge in [0.15, 0.2) is 0 Å². The molecule has 8 heteroatoms. The lowest BCUT2D eigenvalue weighted by atomic mass is 9.98. The molecule has 0 bridgehead atoms. The van der Waals surface area contributed by atoms with E-state index >= 15 is 0 Å². The number of ether oxygens (including phenoxy) is 1. The average Bonchev–Trinajstić information content (AvgIpc) is 3.30. The zero-order valence-corrected chi connectivity index (χ0v) is 21.0. The maximum absolute atomic E-state index is 14.0. The molecule has 1 atom stereocenters. The zero-order valence-electron chi connectivity index (χ0n) is 21.0. The van der Waals surface area contributed by atoms with Gasteiger partial charge in [-0.25, -0.2) is 4.68 Å². The molecule has 36 heavy (non-hydrogen) atoms. The number of nitrogens with zero attached hydrogens (tertiary/aromatic N) is 4. The van der Waals surface area contributed by atoms with Crippen LogP contribution in [0, 0.1) is 0 Å². The van der Waals surface area contributed by atoms with Crippen molar-refractivity contribution in [1.82, 2.24) is 20.3 Å². The average molecular weight is 486 g/mol. The third-order valence-corrected chi connectivity index (χ3v) is 6.27. The predicted molar refractivity (Wildman–Crippen MR) is 140 cm³/mol. The quantitative estimate of drug-likeness (QED) is 0.377. The van der Waals surface area contributed by atoms with Crippen molar-refractivity contribution >= 4 is 28.5 Å². The highest BCUT2D eigenvalue weighted by molar-refractivity contribution is 6.01. The van der Waals surface area contributed by atoms with Gasteiger partial charge in [0, 0.05) is 11.2 Å². The fraction of sp³-hybridized carbons (Fsp3) is 0.286. The van der Waals surface area contributed by atoms with Crippen LogP contribution in [0.1, 0.15) is 38.8 Å². The number of amides is 2. The number of fused-ring (bicyclic) bond motifs is 1. The van der Waals surface area contributed by atoms with Gasteiger partial charge in [-0.05, 0) is 62.2 Å². The van der Waals surface area contributed by atoms with Crippen LogP contribution in [0.2, 0.25) is 0 Å². The summed E-state index contributed by atoms with van der Waals surface area (Å²) >= 11 is 0. The van der Waals surface area contributed by atoms with Gasteiger partial charge in [0.1, 0.15) is 23.9 Å². The molecule has 186 valence electrons. The minimum absolute atomic E-state index is 0.0830. The number of anilines is 1. The number of para-hydroxylation sites is 2. The molecule has 0 spiro atoms. The first-order valence-corrected chi connectivity index (χ1v) is 11.9. The van der Waals surface area contributed by atoms with Crippen molar-refractivity contribution in [2.75, 3.05) is 12.0 Å². The first kappa shape index (κ1) is 24.9. The summed E-state index contributed by atoms with van der Waals surface area (Å²) in [4.78, 5) is 29.4. The molecule has 0 aliphatic heterocycles. The summed E-state index contributed by atoms with van der Waals surface area (Å²) in [7, 11) is 1.57. The Morgan fingerprint density at radius 1 is 1.03 bits per heavy atom. The van der Waals surface area contributed by atoms with Crippen LogP contribution in [0.3, 0.4) is 0 Å². The van der Waals surface area contributed by atoms with Crippen molar-refractivity contribution in [2.45, 2.75) is 45.3 Å². The molecule has 0 fully saturated rings. The van der Waals surface area contributed by atoms with E-state index in [4.69, 9.17) is 4.74 Å². The van der Waals surface area contributed by atoms with Crippen molar-refractivity contribution < 1.29 is 14.3 Å². The first-order chi connectivity index (χ1) is 17.3. The van der Waals surface area contributed by atoms with Crippen LogP contribution in [0.15, 0.2) is 78.9 Å². The second-order valence-corrected chi connectivity index (χ2v) is 9.24. The molecule has 0 unspecified atom stereocenters. The Morgan fingerprint density at radius 3 is 2.47 bits per heavy atom.